The predicted octanol–water partition coefficient (Wildman–Crippen LogP) is 1.98. The first-order valence-electron chi connectivity index (χ1n) is 5.49. The number of hydrogen-bond donors (Lipinski definition) is 2. The first-order chi connectivity index (χ1) is 7.43. The fourth-order valence-corrected chi connectivity index (χ4v) is 1.40. The van der Waals surface area contributed by atoms with Crippen molar-refractivity contribution in [3.63, 3.8) is 0 Å². The smallest absolute Gasteiger partial charge is 0.234 e. The van der Waals surface area contributed by atoms with Crippen LogP contribution in [0.4, 0.5) is 0 Å². The maximum absolute atomic E-state index is 11.0. The molecular weight excluding hydrogens is 236 g/mol. The van der Waals surface area contributed by atoms with Gasteiger partial charge in [-0.3, -0.25) is 4.79 Å². The lowest BCUT2D eigenvalue weighted by Gasteiger charge is -2.19. The van der Waals surface area contributed by atoms with Crippen LogP contribution in [0.1, 0.15) is 31.9 Å². The summed E-state index contributed by atoms with van der Waals surface area (Å²) in [5, 5.41) is 2.74. The summed E-state index contributed by atoms with van der Waals surface area (Å²) in [4.78, 5) is 11.0. The molecule has 0 heterocycles. The molecule has 0 spiro atoms. The zero-order chi connectivity index (χ0) is 12.2. The molecule has 3 N–H and O–H groups in total. The van der Waals surface area contributed by atoms with Crippen LogP contribution >= 0.6 is 12.4 Å². The van der Waals surface area contributed by atoms with Crippen LogP contribution < -0.4 is 11.1 Å². The highest BCUT2D eigenvalue weighted by molar-refractivity contribution is 5.85. The number of hydrogen-bond acceptors (Lipinski definition) is 2. The normalized spacial score (nSPS) is 10.6. The van der Waals surface area contributed by atoms with Gasteiger partial charge in [-0.1, -0.05) is 45.0 Å². The molecule has 0 saturated carbocycles. The van der Waals surface area contributed by atoms with Gasteiger partial charge in [0, 0.05) is 6.54 Å². The average molecular weight is 257 g/mol. The number of amides is 1. The second-order valence-electron chi connectivity index (χ2n) is 4.93. The van der Waals surface area contributed by atoms with Gasteiger partial charge in [-0.25, -0.2) is 0 Å². The van der Waals surface area contributed by atoms with Crippen LogP contribution in [0.3, 0.4) is 0 Å². The molecular formula is C13H21ClN2O. The van der Waals surface area contributed by atoms with E-state index in [9.17, 15) is 4.79 Å². The van der Waals surface area contributed by atoms with E-state index in [2.05, 4.69) is 38.2 Å². The largest absolute Gasteiger partial charge is 0.351 e. The van der Waals surface area contributed by atoms with Crippen molar-refractivity contribution in [1.82, 2.24) is 5.32 Å². The predicted molar refractivity (Wildman–Crippen MR) is 73.3 cm³/mol. The number of benzene rings is 1. The van der Waals surface area contributed by atoms with E-state index in [1.165, 1.54) is 5.56 Å². The van der Waals surface area contributed by atoms with Crippen molar-refractivity contribution in [2.75, 3.05) is 6.54 Å². The number of rotatable bonds is 3. The lowest BCUT2D eigenvalue weighted by atomic mass is 9.87. The number of carbonyl (C=O) groups is 1. The van der Waals surface area contributed by atoms with Crippen LogP contribution in [-0.4, -0.2) is 12.5 Å². The summed E-state index contributed by atoms with van der Waals surface area (Å²) in [6.07, 6.45) is 0. The molecule has 96 valence electrons. The number of nitrogens with one attached hydrogen (secondary N) is 1. The summed E-state index contributed by atoms with van der Waals surface area (Å²) >= 11 is 0. The van der Waals surface area contributed by atoms with Gasteiger partial charge in [0.2, 0.25) is 5.91 Å². The first-order valence-corrected chi connectivity index (χ1v) is 5.49. The Morgan fingerprint density at radius 2 is 1.76 bits per heavy atom. The van der Waals surface area contributed by atoms with E-state index >= 15 is 0 Å². The average Bonchev–Trinajstić information content (AvgIpc) is 2.25. The molecule has 1 amide bonds. The third kappa shape index (κ3) is 5.20. The third-order valence-corrected chi connectivity index (χ3v) is 2.50. The standard InChI is InChI=1S/C13H20N2O.ClH/c1-13(2,3)11-6-4-10(5-7-11)9-15-12(16)8-14;/h4-7H,8-9,14H2,1-3H3,(H,15,16);1H. The minimum Gasteiger partial charge on any atom is -0.351 e. The Labute approximate surface area is 109 Å². The summed E-state index contributed by atoms with van der Waals surface area (Å²) in [5.74, 6) is -0.125. The Hall–Kier alpha value is -1.06. The maximum atomic E-state index is 11.0. The topological polar surface area (TPSA) is 55.1 Å². The minimum atomic E-state index is -0.125. The zero-order valence-corrected chi connectivity index (χ0v) is 11.4. The lowest BCUT2D eigenvalue weighted by molar-refractivity contribution is -0.119. The van der Waals surface area contributed by atoms with Gasteiger partial charge in [-0.15, -0.1) is 12.4 Å². The Morgan fingerprint density at radius 1 is 1.24 bits per heavy atom. The van der Waals surface area contributed by atoms with Crippen molar-refractivity contribution in [3.05, 3.63) is 35.4 Å². The monoisotopic (exact) mass is 256 g/mol. The second kappa shape index (κ2) is 6.62. The van der Waals surface area contributed by atoms with E-state index in [-0.39, 0.29) is 30.3 Å². The molecule has 1 aromatic carbocycles. The van der Waals surface area contributed by atoms with Crippen molar-refractivity contribution in [2.24, 2.45) is 5.73 Å². The summed E-state index contributed by atoms with van der Waals surface area (Å²) in [6.45, 7) is 7.12. The Kier molecular flexibility index (Phi) is 6.21. The molecule has 0 saturated heterocycles. The number of halogens is 1. The molecule has 3 nitrogen and oxygen atoms in total. The molecule has 17 heavy (non-hydrogen) atoms. The molecule has 1 rings (SSSR count). The van der Waals surface area contributed by atoms with Gasteiger partial charge >= 0.3 is 0 Å². The third-order valence-electron chi connectivity index (χ3n) is 2.50. The van der Waals surface area contributed by atoms with Gasteiger partial charge in [-0.05, 0) is 16.5 Å². The molecule has 0 radical (unpaired) electrons. The van der Waals surface area contributed by atoms with E-state index < -0.39 is 0 Å². The van der Waals surface area contributed by atoms with Crippen molar-refractivity contribution < 1.29 is 4.79 Å². The van der Waals surface area contributed by atoms with Gasteiger partial charge in [0.25, 0.3) is 0 Å². The van der Waals surface area contributed by atoms with E-state index in [0.29, 0.717) is 6.54 Å². The summed E-state index contributed by atoms with van der Waals surface area (Å²) < 4.78 is 0. The van der Waals surface area contributed by atoms with Crippen LogP contribution in [0.5, 0.6) is 0 Å². The quantitative estimate of drug-likeness (QED) is 0.869. The van der Waals surface area contributed by atoms with Gasteiger partial charge < -0.3 is 11.1 Å². The van der Waals surface area contributed by atoms with Crippen LogP contribution in [-0.2, 0) is 16.8 Å². The van der Waals surface area contributed by atoms with Gasteiger partial charge in [0.1, 0.15) is 0 Å². The molecule has 0 fully saturated rings. The van der Waals surface area contributed by atoms with Crippen molar-refractivity contribution in [1.29, 1.82) is 0 Å². The molecule has 0 aliphatic rings. The number of carbonyl (C=O) groups excluding carboxylic acids is 1. The Balaban J connectivity index is 0.00000256. The highest BCUT2D eigenvalue weighted by Gasteiger charge is 2.12. The van der Waals surface area contributed by atoms with E-state index in [4.69, 9.17) is 5.73 Å². The second-order valence-corrected chi connectivity index (χ2v) is 4.93. The van der Waals surface area contributed by atoms with Crippen LogP contribution in [0.15, 0.2) is 24.3 Å². The highest BCUT2D eigenvalue weighted by Crippen LogP contribution is 2.21. The van der Waals surface area contributed by atoms with Crippen molar-refractivity contribution >= 4 is 18.3 Å². The van der Waals surface area contributed by atoms with Gasteiger partial charge in [-0.2, -0.15) is 0 Å². The van der Waals surface area contributed by atoms with Gasteiger partial charge in [0.05, 0.1) is 6.54 Å². The maximum Gasteiger partial charge on any atom is 0.234 e. The summed E-state index contributed by atoms with van der Waals surface area (Å²) in [5.41, 5.74) is 7.76. The molecule has 1 aromatic rings. The van der Waals surface area contributed by atoms with Crippen LogP contribution in [0, 0.1) is 0 Å². The molecule has 4 heteroatoms. The van der Waals surface area contributed by atoms with E-state index in [0.717, 1.165) is 5.56 Å². The molecule has 0 aliphatic heterocycles. The highest BCUT2D eigenvalue weighted by atomic mass is 35.5. The SMILES string of the molecule is CC(C)(C)c1ccc(CNC(=O)CN)cc1.Cl. The van der Waals surface area contributed by atoms with Crippen molar-refractivity contribution in [2.45, 2.75) is 32.7 Å². The summed E-state index contributed by atoms with van der Waals surface area (Å²) in [6, 6.07) is 8.28. The fourth-order valence-electron chi connectivity index (χ4n) is 1.40. The minimum absolute atomic E-state index is 0. The number of nitrogens with two attached hydrogens (primary N) is 1. The Bertz CT molecular complexity index is 355. The van der Waals surface area contributed by atoms with Gasteiger partial charge in [0.15, 0.2) is 0 Å². The van der Waals surface area contributed by atoms with E-state index in [1.807, 2.05) is 12.1 Å². The molecule has 0 atom stereocenters. The first kappa shape index (κ1) is 15.9. The molecule has 0 bridgehead atoms. The Morgan fingerprint density at radius 3 is 2.18 bits per heavy atom. The van der Waals surface area contributed by atoms with E-state index in [1.54, 1.807) is 0 Å². The van der Waals surface area contributed by atoms with Crippen LogP contribution in [0.25, 0.3) is 0 Å². The summed E-state index contributed by atoms with van der Waals surface area (Å²) in [7, 11) is 0. The fraction of sp³-hybridized carbons (Fsp3) is 0.462. The molecule has 0 aliphatic carbocycles. The van der Waals surface area contributed by atoms with Crippen molar-refractivity contribution in [3.8, 4) is 0 Å². The molecule has 0 aromatic heterocycles. The zero-order valence-electron chi connectivity index (χ0n) is 10.6. The van der Waals surface area contributed by atoms with Crippen LogP contribution in [0.2, 0.25) is 0 Å². The molecule has 0 unspecified atom stereocenters. The lowest BCUT2D eigenvalue weighted by Crippen LogP contribution is -2.29.